The van der Waals surface area contributed by atoms with Gasteiger partial charge in [-0.05, 0) is 35.9 Å². The summed E-state index contributed by atoms with van der Waals surface area (Å²) in [5, 5.41) is 25.9. The number of hydrogen-bond donors (Lipinski definition) is 3. The number of phenolic OH excluding ortho intramolecular Hbond substituents is 1. The number of para-hydroxylation sites is 2. The van der Waals surface area contributed by atoms with E-state index in [1.807, 2.05) is 0 Å². The number of nitro benzene ring substituents is 1. The van der Waals surface area contributed by atoms with E-state index in [0.717, 1.165) is 0 Å². The number of nitro groups is 1. The Morgan fingerprint density at radius 3 is 2.23 bits per heavy atom. The highest BCUT2D eigenvalue weighted by molar-refractivity contribution is 6.02. The Balaban J connectivity index is 1.84. The summed E-state index contributed by atoms with van der Waals surface area (Å²) in [6, 6.07) is 19.4. The number of nitrogens with zero attached hydrogens (tertiary/aromatic N) is 1. The molecule has 3 aromatic carbocycles. The SMILES string of the molecule is O=C(N[C@@H](Cc1ccc(O)cc1)C(=O)Nc1ccccc1[N+](=O)[O-])c1ccccc1. The van der Waals surface area contributed by atoms with Crippen LogP contribution < -0.4 is 10.6 Å². The maximum Gasteiger partial charge on any atom is 0.292 e. The van der Waals surface area contributed by atoms with Gasteiger partial charge in [-0.2, -0.15) is 0 Å². The van der Waals surface area contributed by atoms with Gasteiger partial charge in [-0.1, -0.05) is 42.5 Å². The van der Waals surface area contributed by atoms with Gasteiger partial charge in [0.2, 0.25) is 5.91 Å². The smallest absolute Gasteiger partial charge is 0.292 e. The van der Waals surface area contributed by atoms with Crippen LogP contribution in [0.2, 0.25) is 0 Å². The minimum absolute atomic E-state index is 0.0390. The van der Waals surface area contributed by atoms with E-state index in [2.05, 4.69) is 10.6 Å². The number of amides is 2. The molecule has 1 atom stereocenters. The second kappa shape index (κ2) is 9.33. The molecule has 0 aromatic heterocycles. The molecule has 0 aliphatic heterocycles. The molecule has 152 valence electrons. The van der Waals surface area contributed by atoms with E-state index >= 15 is 0 Å². The van der Waals surface area contributed by atoms with Crippen LogP contribution in [-0.2, 0) is 11.2 Å². The first-order valence-electron chi connectivity index (χ1n) is 9.12. The number of nitrogens with one attached hydrogen (secondary N) is 2. The number of phenols is 1. The van der Waals surface area contributed by atoms with Crippen LogP contribution in [0.5, 0.6) is 5.75 Å². The molecule has 0 unspecified atom stereocenters. The van der Waals surface area contributed by atoms with E-state index < -0.39 is 22.8 Å². The second-order valence-electron chi connectivity index (χ2n) is 6.53. The summed E-state index contributed by atoms with van der Waals surface area (Å²) in [5.74, 6) is -0.966. The highest BCUT2D eigenvalue weighted by Gasteiger charge is 2.24. The van der Waals surface area contributed by atoms with Gasteiger partial charge in [-0.25, -0.2) is 0 Å². The van der Waals surface area contributed by atoms with Gasteiger partial charge < -0.3 is 15.7 Å². The van der Waals surface area contributed by atoms with Gasteiger partial charge in [0.15, 0.2) is 0 Å². The minimum Gasteiger partial charge on any atom is -0.508 e. The number of rotatable bonds is 7. The molecule has 8 nitrogen and oxygen atoms in total. The van der Waals surface area contributed by atoms with E-state index in [9.17, 15) is 24.8 Å². The van der Waals surface area contributed by atoms with Crippen LogP contribution in [0, 0.1) is 10.1 Å². The molecule has 3 aromatic rings. The average Bonchev–Trinajstić information content (AvgIpc) is 2.75. The number of benzene rings is 3. The topological polar surface area (TPSA) is 122 Å². The Morgan fingerprint density at radius 2 is 1.57 bits per heavy atom. The largest absolute Gasteiger partial charge is 0.508 e. The normalized spacial score (nSPS) is 11.3. The summed E-state index contributed by atoms with van der Waals surface area (Å²) in [4.78, 5) is 36.1. The molecule has 0 aliphatic carbocycles. The van der Waals surface area contributed by atoms with Crippen molar-refractivity contribution in [2.45, 2.75) is 12.5 Å². The Kier molecular flexibility index (Phi) is 6.39. The molecule has 2 amide bonds. The fraction of sp³-hybridized carbons (Fsp3) is 0.0909. The highest BCUT2D eigenvalue weighted by Crippen LogP contribution is 2.23. The van der Waals surface area contributed by atoms with E-state index in [1.165, 1.54) is 30.3 Å². The Morgan fingerprint density at radius 1 is 0.933 bits per heavy atom. The predicted molar refractivity (Wildman–Crippen MR) is 111 cm³/mol. The van der Waals surface area contributed by atoms with Crippen molar-refractivity contribution in [1.29, 1.82) is 0 Å². The summed E-state index contributed by atoms with van der Waals surface area (Å²) in [6.07, 6.45) is 0.130. The number of carbonyl (C=O) groups is 2. The van der Waals surface area contributed by atoms with Gasteiger partial charge in [0.1, 0.15) is 17.5 Å². The lowest BCUT2D eigenvalue weighted by Crippen LogP contribution is -2.45. The third-order valence-corrected chi connectivity index (χ3v) is 4.39. The fourth-order valence-electron chi connectivity index (χ4n) is 2.87. The van der Waals surface area contributed by atoms with Crippen LogP contribution in [0.3, 0.4) is 0 Å². The van der Waals surface area contributed by atoms with Crippen molar-refractivity contribution < 1.29 is 19.6 Å². The molecule has 0 radical (unpaired) electrons. The first-order valence-corrected chi connectivity index (χ1v) is 9.12. The summed E-state index contributed by atoms with van der Waals surface area (Å²) in [6.45, 7) is 0. The predicted octanol–water partition coefficient (Wildman–Crippen LogP) is 3.28. The molecule has 3 N–H and O–H groups in total. The lowest BCUT2D eigenvalue weighted by atomic mass is 10.0. The van der Waals surface area contributed by atoms with E-state index in [1.54, 1.807) is 48.5 Å². The van der Waals surface area contributed by atoms with E-state index in [0.29, 0.717) is 11.1 Å². The van der Waals surface area contributed by atoms with Crippen LogP contribution in [0.1, 0.15) is 15.9 Å². The van der Waals surface area contributed by atoms with Gasteiger partial charge in [-0.3, -0.25) is 19.7 Å². The van der Waals surface area contributed by atoms with Crippen molar-refractivity contribution in [3.63, 3.8) is 0 Å². The third kappa shape index (κ3) is 5.20. The van der Waals surface area contributed by atoms with Gasteiger partial charge in [0.05, 0.1) is 4.92 Å². The zero-order valence-electron chi connectivity index (χ0n) is 15.8. The van der Waals surface area contributed by atoms with Crippen LogP contribution in [-0.4, -0.2) is 27.9 Å². The lowest BCUT2D eigenvalue weighted by Gasteiger charge is -2.19. The first kappa shape index (κ1) is 20.5. The molecule has 0 fully saturated rings. The quantitative estimate of drug-likeness (QED) is 0.411. The fourth-order valence-corrected chi connectivity index (χ4v) is 2.87. The molecule has 0 bridgehead atoms. The molecule has 3 rings (SSSR count). The molecule has 0 saturated heterocycles. The van der Waals surface area contributed by atoms with Crippen LogP contribution in [0.15, 0.2) is 78.9 Å². The molecular formula is C22H19N3O5. The van der Waals surface area contributed by atoms with Gasteiger partial charge >= 0.3 is 0 Å². The van der Waals surface area contributed by atoms with Crippen molar-refractivity contribution in [1.82, 2.24) is 5.32 Å². The number of carbonyl (C=O) groups excluding carboxylic acids is 2. The molecule has 0 heterocycles. The second-order valence-corrected chi connectivity index (χ2v) is 6.53. The summed E-state index contributed by atoms with van der Waals surface area (Å²) in [5.41, 5.74) is 0.872. The van der Waals surface area contributed by atoms with E-state index in [-0.39, 0.29) is 23.5 Å². The van der Waals surface area contributed by atoms with Gasteiger partial charge in [0.25, 0.3) is 11.6 Å². The molecule has 30 heavy (non-hydrogen) atoms. The van der Waals surface area contributed by atoms with Crippen molar-refractivity contribution in [3.05, 3.63) is 100 Å². The monoisotopic (exact) mass is 405 g/mol. The van der Waals surface area contributed by atoms with Crippen LogP contribution >= 0.6 is 0 Å². The van der Waals surface area contributed by atoms with Crippen molar-refractivity contribution >= 4 is 23.2 Å². The van der Waals surface area contributed by atoms with Crippen molar-refractivity contribution in [2.24, 2.45) is 0 Å². The Bertz CT molecular complexity index is 1050. The average molecular weight is 405 g/mol. The summed E-state index contributed by atoms with van der Waals surface area (Å²) < 4.78 is 0. The number of anilines is 1. The highest BCUT2D eigenvalue weighted by atomic mass is 16.6. The van der Waals surface area contributed by atoms with Gasteiger partial charge in [-0.15, -0.1) is 0 Å². The Labute approximate surface area is 172 Å². The Hall–Kier alpha value is -4.20. The first-order chi connectivity index (χ1) is 14.4. The zero-order valence-corrected chi connectivity index (χ0v) is 15.8. The van der Waals surface area contributed by atoms with Crippen molar-refractivity contribution in [3.8, 4) is 5.75 Å². The molecule has 0 aliphatic rings. The zero-order chi connectivity index (χ0) is 21.5. The third-order valence-electron chi connectivity index (χ3n) is 4.39. The molecule has 8 heteroatoms. The lowest BCUT2D eigenvalue weighted by molar-refractivity contribution is -0.383. The maximum atomic E-state index is 12.9. The van der Waals surface area contributed by atoms with Gasteiger partial charge in [0, 0.05) is 18.1 Å². The number of hydrogen-bond acceptors (Lipinski definition) is 5. The minimum atomic E-state index is -0.998. The van der Waals surface area contributed by atoms with Crippen LogP contribution in [0.4, 0.5) is 11.4 Å². The maximum absolute atomic E-state index is 12.9. The standard InChI is InChI=1S/C22H19N3O5/c26-17-12-10-15(11-13-17)14-19(24-21(27)16-6-2-1-3-7-16)22(28)23-18-8-4-5-9-20(18)25(29)30/h1-13,19,26H,14H2,(H,23,28)(H,24,27)/t19-/m0/s1. The summed E-state index contributed by atoms with van der Waals surface area (Å²) in [7, 11) is 0. The molecule has 0 saturated carbocycles. The molecular weight excluding hydrogens is 386 g/mol. The molecule has 0 spiro atoms. The number of aromatic hydroxyl groups is 1. The summed E-state index contributed by atoms with van der Waals surface area (Å²) >= 11 is 0. The van der Waals surface area contributed by atoms with E-state index in [4.69, 9.17) is 0 Å². The van der Waals surface area contributed by atoms with Crippen molar-refractivity contribution in [2.75, 3.05) is 5.32 Å². The van der Waals surface area contributed by atoms with Crippen LogP contribution in [0.25, 0.3) is 0 Å².